The number of fused-ring (bicyclic) bond motifs is 1. The molecule has 1 N–H and O–H groups in total. The lowest BCUT2D eigenvalue weighted by molar-refractivity contribution is 0.602. The summed E-state index contributed by atoms with van der Waals surface area (Å²) < 4.78 is 22.8. The van der Waals surface area contributed by atoms with Crippen molar-refractivity contribution in [2.45, 2.75) is 11.8 Å². The van der Waals surface area contributed by atoms with E-state index in [0.717, 1.165) is 11.3 Å². The van der Waals surface area contributed by atoms with Gasteiger partial charge in [-0.15, -0.1) is 0 Å². The summed E-state index contributed by atoms with van der Waals surface area (Å²) >= 11 is 0. The van der Waals surface area contributed by atoms with Crippen LogP contribution in [0.2, 0.25) is 0 Å². The van der Waals surface area contributed by atoms with Crippen LogP contribution in [0.4, 0.5) is 0 Å². The molecule has 0 amide bonds. The smallest absolute Gasteiger partial charge is 0.177 e. The predicted molar refractivity (Wildman–Crippen MR) is 53.9 cm³/mol. The molecule has 1 aromatic carbocycles. The molecule has 14 heavy (non-hydrogen) atoms. The topological polar surface area (TPSA) is 62.8 Å². The number of para-hydroxylation sites is 1. The summed E-state index contributed by atoms with van der Waals surface area (Å²) in [5.41, 5.74) is 1.28. The molecule has 0 atom stereocenters. The van der Waals surface area contributed by atoms with Crippen molar-refractivity contribution < 1.29 is 8.42 Å². The summed E-state index contributed by atoms with van der Waals surface area (Å²) in [6.07, 6.45) is 1.19. The fourth-order valence-corrected chi connectivity index (χ4v) is 2.26. The van der Waals surface area contributed by atoms with E-state index in [-0.39, 0.29) is 4.90 Å². The summed E-state index contributed by atoms with van der Waals surface area (Å²) in [4.78, 5) is 7.42. The number of rotatable bonds is 1. The van der Waals surface area contributed by atoms with Crippen molar-refractivity contribution in [3.63, 3.8) is 0 Å². The highest BCUT2D eigenvalue weighted by Gasteiger charge is 2.13. The van der Waals surface area contributed by atoms with Gasteiger partial charge in [0.05, 0.1) is 10.4 Å². The highest BCUT2D eigenvalue weighted by atomic mass is 32.2. The van der Waals surface area contributed by atoms with Crippen molar-refractivity contribution >= 4 is 20.9 Å². The number of hydrogen-bond acceptors (Lipinski definition) is 3. The van der Waals surface area contributed by atoms with Gasteiger partial charge in [0.2, 0.25) is 0 Å². The van der Waals surface area contributed by atoms with Gasteiger partial charge in [-0.2, -0.15) is 0 Å². The van der Waals surface area contributed by atoms with Crippen LogP contribution in [0.25, 0.3) is 11.0 Å². The zero-order valence-electron chi connectivity index (χ0n) is 7.90. The van der Waals surface area contributed by atoms with E-state index in [0.29, 0.717) is 5.52 Å². The Hall–Kier alpha value is -1.36. The number of nitrogens with one attached hydrogen (secondary N) is 1. The van der Waals surface area contributed by atoms with E-state index in [9.17, 15) is 8.42 Å². The lowest BCUT2D eigenvalue weighted by Crippen LogP contribution is -1.97. The summed E-state index contributed by atoms with van der Waals surface area (Å²) in [5.74, 6) is 0.719. The molecule has 1 aromatic heterocycles. The number of sulfone groups is 1. The third kappa shape index (κ3) is 1.39. The van der Waals surface area contributed by atoms with Crippen molar-refractivity contribution in [3.8, 4) is 0 Å². The molecular formula is C9H10N2O2S. The van der Waals surface area contributed by atoms with Gasteiger partial charge in [0.15, 0.2) is 9.84 Å². The fraction of sp³-hybridized carbons (Fsp3) is 0.222. The van der Waals surface area contributed by atoms with Crippen LogP contribution >= 0.6 is 0 Å². The predicted octanol–water partition coefficient (Wildman–Crippen LogP) is 1.27. The van der Waals surface area contributed by atoms with Gasteiger partial charge in [0.25, 0.3) is 0 Å². The fourth-order valence-electron chi connectivity index (χ4n) is 1.43. The first-order valence-electron chi connectivity index (χ1n) is 4.14. The Labute approximate surface area is 81.9 Å². The second kappa shape index (κ2) is 2.81. The van der Waals surface area contributed by atoms with E-state index < -0.39 is 9.84 Å². The zero-order valence-corrected chi connectivity index (χ0v) is 8.72. The minimum Gasteiger partial charge on any atom is -0.342 e. The monoisotopic (exact) mass is 210 g/mol. The van der Waals surface area contributed by atoms with Crippen LogP contribution in [0.1, 0.15) is 5.82 Å². The Morgan fingerprint density at radius 2 is 2.07 bits per heavy atom. The molecule has 0 saturated carbocycles. The first kappa shape index (κ1) is 9.21. The molecule has 5 heteroatoms. The van der Waals surface area contributed by atoms with Crippen LogP contribution < -0.4 is 0 Å². The van der Waals surface area contributed by atoms with Crippen LogP contribution in [0.15, 0.2) is 23.1 Å². The summed E-state index contributed by atoms with van der Waals surface area (Å²) in [5, 5.41) is 0. The largest absolute Gasteiger partial charge is 0.342 e. The van der Waals surface area contributed by atoms with Crippen LogP contribution in [0, 0.1) is 6.92 Å². The van der Waals surface area contributed by atoms with Gasteiger partial charge >= 0.3 is 0 Å². The lowest BCUT2D eigenvalue weighted by atomic mass is 10.3. The molecule has 0 fully saturated rings. The van der Waals surface area contributed by atoms with Gasteiger partial charge in [-0.3, -0.25) is 0 Å². The Morgan fingerprint density at radius 3 is 2.71 bits per heavy atom. The van der Waals surface area contributed by atoms with Crippen LogP contribution in [-0.4, -0.2) is 24.6 Å². The SMILES string of the molecule is Cc1nc2c(S(C)(=O)=O)cccc2[nH]1. The highest BCUT2D eigenvalue weighted by molar-refractivity contribution is 7.91. The Morgan fingerprint density at radius 1 is 1.36 bits per heavy atom. The Bertz CT molecular complexity index is 584. The number of aromatic amines is 1. The number of nitrogens with zero attached hydrogens (tertiary/aromatic N) is 1. The number of hydrogen-bond donors (Lipinski definition) is 1. The molecule has 0 spiro atoms. The van der Waals surface area contributed by atoms with E-state index in [1.165, 1.54) is 6.26 Å². The van der Waals surface area contributed by atoms with Gasteiger partial charge < -0.3 is 4.98 Å². The summed E-state index contributed by atoms with van der Waals surface area (Å²) in [6, 6.07) is 5.08. The quantitative estimate of drug-likeness (QED) is 0.771. The van der Waals surface area contributed by atoms with Crippen molar-refractivity contribution in [2.75, 3.05) is 6.26 Å². The van der Waals surface area contributed by atoms with Gasteiger partial charge in [-0.05, 0) is 19.1 Å². The van der Waals surface area contributed by atoms with Gasteiger partial charge in [0.1, 0.15) is 11.3 Å². The molecular weight excluding hydrogens is 200 g/mol. The molecule has 0 aliphatic rings. The molecule has 2 rings (SSSR count). The summed E-state index contributed by atoms with van der Waals surface area (Å²) in [7, 11) is -3.20. The first-order valence-corrected chi connectivity index (χ1v) is 6.03. The first-order chi connectivity index (χ1) is 6.48. The van der Waals surface area contributed by atoms with Gasteiger partial charge in [-0.25, -0.2) is 13.4 Å². The maximum Gasteiger partial charge on any atom is 0.177 e. The van der Waals surface area contributed by atoms with Crippen LogP contribution in [0.5, 0.6) is 0 Å². The average molecular weight is 210 g/mol. The summed E-state index contributed by atoms with van der Waals surface area (Å²) in [6.45, 7) is 1.80. The van der Waals surface area contributed by atoms with E-state index in [1.54, 1.807) is 19.1 Å². The Balaban J connectivity index is 2.90. The third-order valence-corrected chi connectivity index (χ3v) is 3.12. The van der Waals surface area contributed by atoms with E-state index in [2.05, 4.69) is 9.97 Å². The molecule has 1 heterocycles. The number of aromatic nitrogens is 2. The van der Waals surface area contributed by atoms with Crippen LogP contribution in [-0.2, 0) is 9.84 Å². The van der Waals surface area contributed by atoms with Crippen molar-refractivity contribution in [1.82, 2.24) is 9.97 Å². The molecule has 0 radical (unpaired) electrons. The highest BCUT2D eigenvalue weighted by Crippen LogP contribution is 2.20. The molecule has 0 aliphatic heterocycles. The molecule has 0 saturated heterocycles. The maximum absolute atomic E-state index is 11.4. The second-order valence-electron chi connectivity index (χ2n) is 3.25. The number of imidazole rings is 1. The molecule has 74 valence electrons. The standard InChI is InChI=1S/C9H10N2O2S/c1-6-10-7-4-3-5-8(9(7)11-6)14(2,12)13/h3-5H,1-2H3,(H,10,11). The molecule has 0 bridgehead atoms. The van der Waals surface area contributed by atoms with E-state index >= 15 is 0 Å². The van der Waals surface area contributed by atoms with Crippen molar-refractivity contribution in [2.24, 2.45) is 0 Å². The molecule has 2 aromatic rings. The zero-order chi connectivity index (χ0) is 10.3. The number of H-pyrrole nitrogens is 1. The molecule has 0 aliphatic carbocycles. The van der Waals surface area contributed by atoms with Crippen molar-refractivity contribution in [3.05, 3.63) is 24.0 Å². The van der Waals surface area contributed by atoms with Crippen LogP contribution in [0.3, 0.4) is 0 Å². The molecule has 0 unspecified atom stereocenters. The van der Waals surface area contributed by atoms with E-state index in [1.807, 2.05) is 6.07 Å². The minimum atomic E-state index is -3.20. The minimum absolute atomic E-state index is 0.277. The van der Waals surface area contributed by atoms with Gasteiger partial charge in [0, 0.05) is 6.26 Å². The van der Waals surface area contributed by atoms with Gasteiger partial charge in [-0.1, -0.05) is 6.07 Å². The number of benzene rings is 1. The second-order valence-corrected chi connectivity index (χ2v) is 5.23. The number of aryl methyl sites for hydroxylation is 1. The Kier molecular flexibility index (Phi) is 1.85. The van der Waals surface area contributed by atoms with Crippen molar-refractivity contribution in [1.29, 1.82) is 0 Å². The lowest BCUT2D eigenvalue weighted by Gasteiger charge is -1.97. The third-order valence-electron chi connectivity index (χ3n) is 1.99. The molecule has 4 nitrogen and oxygen atoms in total. The van der Waals surface area contributed by atoms with E-state index in [4.69, 9.17) is 0 Å². The maximum atomic E-state index is 11.4. The average Bonchev–Trinajstić information content (AvgIpc) is 2.41. The normalized spacial score (nSPS) is 12.1.